The van der Waals surface area contributed by atoms with Gasteiger partial charge in [0.1, 0.15) is 11.6 Å². The van der Waals surface area contributed by atoms with Gasteiger partial charge in [-0.25, -0.2) is 4.98 Å². The van der Waals surface area contributed by atoms with Crippen LogP contribution in [0.25, 0.3) is 0 Å². The standard InChI is InChI=1S/C16H15ClF6N4O/c1-3-8(2)24-14-26-12(15(18,19)20)7-13(27-14)25-9-4-5-11(10(17)6-9)28-16(21,22)23/h4-8H,3H2,1-2H3,(H2,24,25,26,27)/t8-/m1/s1. The van der Waals surface area contributed by atoms with Crippen LogP contribution in [0.2, 0.25) is 5.02 Å². The first kappa shape index (κ1) is 21.9. The Hall–Kier alpha value is -2.43. The maximum atomic E-state index is 13.1. The minimum absolute atomic E-state index is 0.112. The maximum Gasteiger partial charge on any atom is 0.573 e. The fourth-order valence-electron chi connectivity index (χ4n) is 1.98. The van der Waals surface area contributed by atoms with Gasteiger partial charge in [0, 0.05) is 17.8 Å². The van der Waals surface area contributed by atoms with Crippen molar-refractivity contribution in [3.63, 3.8) is 0 Å². The lowest BCUT2D eigenvalue weighted by Crippen LogP contribution is -2.19. The highest BCUT2D eigenvalue weighted by molar-refractivity contribution is 6.32. The molecule has 0 saturated heterocycles. The van der Waals surface area contributed by atoms with Crippen molar-refractivity contribution in [1.29, 1.82) is 0 Å². The molecule has 5 nitrogen and oxygen atoms in total. The van der Waals surface area contributed by atoms with Crippen molar-refractivity contribution < 1.29 is 31.1 Å². The van der Waals surface area contributed by atoms with E-state index < -0.39 is 24.0 Å². The number of hydrogen-bond donors (Lipinski definition) is 2. The van der Waals surface area contributed by atoms with Gasteiger partial charge in [-0.15, -0.1) is 13.2 Å². The molecule has 2 rings (SSSR count). The summed E-state index contributed by atoms with van der Waals surface area (Å²) in [5, 5.41) is 4.93. The smallest absolute Gasteiger partial charge is 0.404 e. The zero-order chi connectivity index (χ0) is 21.1. The molecule has 2 N–H and O–H groups in total. The average molecular weight is 429 g/mol. The highest BCUT2D eigenvalue weighted by Gasteiger charge is 2.34. The lowest BCUT2D eigenvalue weighted by Gasteiger charge is -2.16. The molecule has 1 heterocycles. The topological polar surface area (TPSA) is 59.1 Å². The van der Waals surface area contributed by atoms with E-state index in [1.807, 2.05) is 6.92 Å². The summed E-state index contributed by atoms with van der Waals surface area (Å²) >= 11 is 5.73. The minimum Gasteiger partial charge on any atom is -0.404 e. The first-order valence-corrected chi connectivity index (χ1v) is 8.30. The van der Waals surface area contributed by atoms with E-state index in [0.29, 0.717) is 12.5 Å². The van der Waals surface area contributed by atoms with E-state index in [0.717, 1.165) is 18.2 Å². The van der Waals surface area contributed by atoms with E-state index in [-0.39, 0.29) is 28.5 Å². The molecule has 0 spiro atoms. The molecule has 154 valence electrons. The predicted molar refractivity (Wildman–Crippen MR) is 91.8 cm³/mol. The third-order valence-electron chi connectivity index (χ3n) is 3.43. The van der Waals surface area contributed by atoms with Gasteiger partial charge < -0.3 is 15.4 Å². The highest BCUT2D eigenvalue weighted by Crippen LogP contribution is 2.34. The molecule has 0 bridgehead atoms. The molecule has 28 heavy (non-hydrogen) atoms. The second kappa shape index (κ2) is 8.29. The fourth-order valence-corrected chi connectivity index (χ4v) is 2.20. The summed E-state index contributed by atoms with van der Waals surface area (Å²) in [6, 6.07) is 3.66. The summed E-state index contributed by atoms with van der Waals surface area (Å²) in [7, 11) is 0. The van der Waals surface area contributed by atoms with Gasteiger partial charge in [-0.3, -0.25) is 0 Å². The van der Waals surface area contributed by atoms with Crippen molar-refractivity contribution >= 4 is 29.1 Å². The Morgan fingerprint density at radius 1 is 1.11 bits per heavy atom. The SMILES string of the molecule is CC[C@@H](C)Nc1nc(Nc2ccc(OC(F)(F)F)c(Cl)c2)cc(C(F)(F)F)n1. The van der Waals surface area contributed by atoms with Crippen LogP contribution in [0, 0.1) is 0 Å². The number of anilines is 3. The number of hydrogen-bond acceptors (Lipinski definition) is 5. The summed E-state index contributed by atoms with van der Waals surface area (Å²) in [6.07, 6.45) is -9.02. The molecule has 2 aromatic rings. The van der Waals surface area contributed by atoms with Crippen LogP contribution in [0.15, 0.2) is 24.3 Å². The summed E-state index contributed by atoms with van der Waals surface area (Å²) in [6.45, 7) is 3.58. The predicted octanol–water partition coefficient (Wildman–Crippen LogP) is 6.00. The number of nitrogens with zero attached hydrogens (tertiary/aromatic N) is 2. The Morgan fingerprint density at radius 2 is 1.79 bits per heavy atom. The van der Waals surface area contributed by atoms with Crippen molar-refractivity contribution in [2.24, 2.45) is 0 Å². The second-order valence-electron chi connectivity index (χ2n) is 5.73. The number of nitrogens with one attached hydrogen (secondary N) is 2. The number of ether oxygens (including phenoxy) is 1. The number of alkyl halides is 6. The molecule has 0 amide bonds. The van der Waals surface area contributed by atoms with Gasteiger partial charge in [-0.05, 0) is 31.5 Å². The Balaban J connectivity index is 2.31. The molecular weight excluding hydrogens is 414 g/mol. The van der Waals surface area contributed by atoms with Crippen LogP contribution in [0.3, 0.4) is 0 Å². The second-order valence-corrected chi connectivity index (χ2v) is 6.14. The molecular formula is C16H15ClF6N4O. The lowest BCUT2D eigenvalue weighted by molar-refractivity contribution is -0.274. The summed E-state index contributed by atoms with van der Waals surface area (Å²) < 4.78 is 79.8. The zero-order valence-corrected chi connectivity index (χ0v) is 15.3. The molecule has 0 unspecified atom stereocenters. The van der Waals surface area contributed by atoms with Crippen molar-refractivity contribution in [1.82, 2.24) is 9.97 Å². The van der Waals surface area contributed by atoms with Crippen LogP contribution in [0.5, 0.6) is 5.75 Å². The Bertz CT molecular complexity index is 828. The Morgan fingerprint density at radius 3 is 2.32 bits per heavy atom. The third-order valence-corrected chi connectivity index (χ3v) is 3.73. The van der Waals surface area contributed by atoms with Crippen LogP contribution in [0.1, 0.15) is 26.0 Å². The van der Waals surface area contributed by atoms with E-state index in [2.05, 4.69) is 25.3 Å². The van der Waals surface area contributed by atoms with E-state index in [4.69, 9.17) is 11.6 Å². The van der Waals surface area contributed by atoms with Gasteiger partial charge in [-0.2, -0.15) is 18.2 Å². The maximum absolute atomic E-state index is 13.1. The molecule has 0 aliphatic heterocycles. The normalized spacial score (nSPS) is 13.2. The molecule has 0 radical (unpaired) electrons. The van der Waals surface area contributed by atoms with Gasteiger partial charge in [0.25, 0.3) is 0 Å². The highest BCUT2D eigenvalue weighted by atomic mass is 35.5. The van der Waals surface area contributed by atoms with Gasteiger partial charge in [-0.1, -0.05) is 18.5 Å². The van der Waals surface area contributed by atoms with E-state index >= 15 is 0 Å². The molecule has 0 aliphatic rings. The van der Waals surface area contributed by atoms with E-state index in [9.17, 15) is 26.3 Å². The monoisotopic (exact) mass is 428 g/mol. The average Bonchev–Trinajstić information content (AvgIpc) is 2.55. The van der Waals surface area contributed by atoms with Crippen LogP contribution >= 0.6 is 11.6 Å². The van der Waals surface area contributed by atoms with Crippen LogP contribution in [-0.4, -0.2) is 22.4 Å². The Kier molecular flexibility index (Phi) is 6.48. The summed E-state index contributed by atoms with van der Waals surface area (Å²) in [5.74, 6) is -1.10. The molecule has 0 fully saturated rings. The van der Waals surface area contributed by atoms with Crippen molar-refractivity contribution in [2.75, 3.05) is 10.6 Å². The van der Waals surface area contributed by atoms with Crippen molar-refractivity contribution in [2.45, 2.75) is 38.8 Å². The molecule has 0 aliphatic carbocycles. The van der Waals surface area contributed by atoms with Gasteiger partial charge in [0.15, 0.2) is 5.69 Å². The molecule has 1 atom stereocenters. The Labute approximate surface area is 161 Å². The number of rotatable bonds is 6. The van der Waals surface area contributed by atoms with E-state index in [1.54, 1.807) is 6.92 Å². The number of benzene rings is 1. The van der Waals surface area contributed by atoms with Crippen LogP contribution < -0.4 is 15.4 Å². The minimum atomic E-state index is -4.93. The summed E-state index contributed by atoms with van der Waals surface area (Å²) in [5.41, 5.74) is -1.07. The fraction of sp³-hybridized carbons (Fsp3) is 0.375. The molecule has 1 aromatic heterocycles. The van der Waals surface area contributed by atoms with Gasteiger partial charge in [0.2, 0.25) is 5.95 Å². The molecule has 12 heteroatoms. The lowest BCUT2D eigenvalue weighted by atomic mass is 10.2. The molecule has 1 aromatic carbocycles. The van der Waals surface area contributed by atoms with Crippen molar-refractivity contribution in [3.8, 4) is 5.75 Å². The first-order chi connectivity index (χ1) is 12.9. The largest absolute Gasteiger partial charge is 0.573 e. The summed E-state index contributed by atoms with van der Waals surface area (Å²) in [4.78, 5) is 7.40. The number of halogens is 7. The van der Waals surface area contributed by atoms with Gasteiger partial charge in [0.05, 0.1) is 5.02 Å². The number of aromatic nitrogens is 2. The van der Waals surface area contributed by atoms with E-state index in [1.165, 1.54) is 0 Å². The van der Waals surface area contributed by atoms with Gasteiger partial charge >= 0.3 is 12.5 Å². The van der Waals surface area contributed by atoms with Crippen LogP contribution in [-0.2, 0) is 6.18 Å². The molecule has 0 saturated carbocycles. The van der Waals surface area contributed by atoms with Crippen LogP contribution in [0.4, 0.5) is 43.8 Å². The van der Waals surface area contributed by atoms with Crippen molar-refractivity contribution in [3.05, 3.63) is 35.0 Å². The first-order valence-electron chi connectivity index (χ1n) is 7.92. The quantitative estimate of drug-likeness (QED) is 0.552. The third kappa shape index (κ3) is 6.32. The zero-order valence-electron chi connectivity index (χ0n) is 14.5.